The van der Waals surface area contributed by atoms with E-state index in [1.165, 1.54) is 12.1 Å². The van der Waals surface area contributed by atoms with Crippen molar-refractivity contribution in [3.05, 3.63) is 59.7 Å². The van der Waals surface area contributed by atoms with Gasteiger partial charge in [0, 0.05) is 19.1 Å². The van der Waals surface area contributed by atoms with Gasteiger partial charge in [-0.05, 0) is 62.7 Å². The highest BCUT2D eigenvalue weighted by molar-refractivity contribution is 5.33. The molecule has 2 atom stereocenters. The van der Waals surface area contributed by atoms with Crippen molar-refractivity contribution >= 4 is 0 Å². The number of benzene rings is 2. The number of nitrogens with zero attached hydrogens (tertiary/aromatic N) is 1. The fourth-order valence-electron chi connectivity index (χ4n) is 3.50. The summed E-state index contributed by atoms with van der Waals surface area (Å²) in [6, 6.07) is 12.7. The van der Waals surface area contributed by atoms with Crippen molar-refractivity contribution in [1.82, 2.24) is 4.90 Å². The zero-order valence-corrected chi connectivity index (χ0v) is 17.5. The summed E-state index contributed by atoms with van der Waals surface area (Å²) in [4.78, 5) is 2.28. The van der Waals surface area contributed by atoms with E-state index in [1.807, 2.05) is 19.1 Å². The molecule has 0 radical (unpaired) electrons. The largest absolute Gasteiger partial charge is 0.494 e. The zero-order valence-electron chi connectivity index (χ0n) is 17.5. The van der Waals surface area contributed by atoms with Crippen LogP contribution in [0.15, 0.2) is 48.5 Å². The maximum absolute atomic E-state index is 13.0. The minimum Gasteiger partial charge on any atom is -0.494 e. The Morgan fingerprint density at radius 2 is 1.67 bits per heavy atom. The Hall–Kier alpha value is -2.25. The summed E-state index contributed by atoms with van der Waals surface area (Å²) in [6.07, 6.45) is -5.21. The van der Waals surface area contributed by atoms with Crippen LogP contribution >= 0.6 is 0 Å². The Morgan fingerprint density at radius 3 is 2.23 bits per heavy atom. The van der Waals surface area contributed by atoms with Gasteiger partial charge in [-0.25, -0.2) is 0 Å². The highest BCUT2D eigenvalue weighted by Crippen LogP contribution is 2.33. The Kier molecular flexibility index (Phi) is 7.26. The first kappa shape index (κ1) is 22.4. The minimum absolute atomic E-state index is 0.301. The van der Waals surface area contributed by atoms with Crippen molar-refractivity contribution in [2.45, 2.75) is 45.2 Å². The van der Waals surface area contributed by atoms with Gasteiger partial charge >= 0.3 is 6.18 Å². The maximum Gasteiger partial charge on any atom is 0.416 e. The second-order valence-corrected chi connectivity index (χ2v) is 7.56. The molecular weight excluding hydrogens is 395 g/mol. The highest BCUT2D eigenvalue weighted by atomic mass is 19.4. The van der Waals surface area contributed by atoms with Crippen molar-refractivity contribution in [3.8, 4) is 11.5 Å². The molecule has 0 saturated carbocycles. The number of hydrogen-bond donors (Lipinski definition) is 0. The van der Waals surface area contributed by atoms with Crippen molar-refractivity contribution in [3.63, 3.8) is 0 Å². The maximum atomic E-state index is 13.0. The lowest BCUT2D eigenvalue weighted by molar-refractivity contribution is -0.137. The molecule has 1 heterocycles. The fraction of sp³-hybridized carbons (Fsp3) is 0.478. The van der Waals surface area contributed by atoms with Gasteiger partial charge < -0.3 is 14.2 Å². The molecule has 164 valence electrons. The van der Waals surface area contributed by atoms with Gasteiger partial charge in [-0.2, -0.15) is 13.2 Å². The molecule has 0 spiro atoms. The average Bonchev–Trinajstić information content (AvgIpc) is 2.73. The van der Waals surface area contributed by atoms with E-state index in [0.717, 1.165) is 24.4 Å². The summed E-state index contributed by atoms with van der Waals surface area (Å²) in [7, 11) is 0. The van der Waals surface area contributed by atoms with Gasteiger partial charge in [-0.1, -0.05) is 12.1 Å². The zero-order chi connectivity index (χ0) is 21.7. The van der Waals surface area contributed by atoms with Crippen LogP contribution in [0, 0.1) is 0 Å². The van der Waals surface area contributed by atoms with Crippen molar-refractivity contribution in [2.24, 2.45) is 0 Å². The summed E-state index contributed by atoms with van der Waals surface area (Å²) in [5.41, 5.74) is -0.0353. The molecule has 3 rings (SSSR count). The van der Waals surface area contributed by atoms with Crippen LogP contribution in [0.1, 0.15) is 38.0 Å². The Balaban J connectivity index is 1.86. The third-order valence-electron chi connectivity index (χ3n) is 5.16. The molecule has 0 N–H and O–H groups in total. The van der Waals surface area contributed by atoms with Crippen molar-refractivity contribution < 1.29 is 27.4 Å². The number of ether oxygens (including phenoxy) is 3. The third-order valence-corrected chi connectivity index (χ3v) is 5.16. The lowest BCUT2D eigenvalue weighted by atomic mass is 10.0. The molecule has 0 aliphatic carbocycles. The van der Waals surface area contributed by atoms with Crippen LogP contribution in [0.2, 0.25) is 0 Å². The summed E-state index contributed by atoms with van der Waals surface area (Å²) in [5.74, 6) is 1.34. The van der Waals surface area contributed by atoms with Gasteiger partial charge in [-0.3, -0.25) is 4.90 Å². The molecule has 1 saturated heterocycles. The van der Waals surface area contributed by atoms with Crippen LogP contribution in [0.25, 0.3) is 0 Å². The van der Waals surface area contributed by atoms with Crippen molar-refractivity contribution in [2.75, 3.05) is 26.3 Å². The van der Waals surface area contributed by atoms with Crippen LogP contribution < -0.4 is 9.47 Å². The predicted octanol–water partition coefficient (Wildman–Crippen LogP) is 5.33. The van der Waals surface area contributed by atoms with Crippen LogP contribution in [-0.2, 0) is 10.9 Å². The number of alkyl halides is 3. The summed E-state index contributed by atoms with van der Waals surface area (Å²) in [6.45, 7) is 8.71. The van der Waals surface area contributed by atoms with Gasteiger partial charge in [0.15, 0.2) is 6.10 Å². The second kappa shape index (κ2) is 9.71. The van der Waals surface area contributed by atoms with Gasteiger partial charge in [0.25, 0.3) is 0 Å². The molecule has 0 amide bonds. The Labute approximate surface area is 175 Å². The fourth-order valence-corrected chi connectivity index (χ4v) is 3.50. The topological polar surface area (TPSA) is 30.9 Å². The molecule has 4 nitrogen and oxygen atoms in total. The van der Waals surface area contributed by atoms with Crippen molar-refractivity contribution in [1.29, 1.82) is 0 Å². The van der Waals surface area contributed by atoms with Crippen LogP contribution in [0.4, 0.5) is 13.2 Å². The quantitative estimate of drug-likeness (QED) is 0.602. The Bertz CT molecular complexity index is 791. The van der Waals surface area contributed by atoms with E-state index >= 15 is 0 Å². The predicted molar refractivity (Wildman–Crippen MR) is 109 cm³/mol. The van der Waals surface area contributed by atoms with E-state index in [4.69, 9.17) is 14.2 Å². The molecular formula is C23H28F3NO3. The highest BCUT2D eigenvalue weighted by Gasteiger charge is 2.34. The van der Waals surface area contributed by atoms with Crippen LogP contribution in [-0.4, -0.2) is 43.3 Å². The lowest BCUT2D eigenvalue weighted by Crippen LogP contribution is -2.48. The number of rotatable bonds is 7. The van der Waals surface area contributed by atoms with E-state index in [-0.39, 0.29) is 6.10 Å². The Morgan fingerprint density at radius 1 is 1.03 bits per heavy atom. The molecule has 2 aromatic carbocycles. The smallest absolute Gasteiger partial charge is 0.416 e. The molecule has 1 aliphatic heterocycles. The molecule has 2 unspecified atom stereocenters. The molecule has 7 heteroatoms. The standard InChI is InChI=1S/C23H28F3NO3/c1-4-28-19-9-11-20(12-10-19)30-22(21-15-27(16(2)3)13-14-29-21)17-5-7-18(8-6-17)23(24,25)26/h5-12,16,21-22H,4,13-15H2,1-3H3. The van der Waals surface area contributed by atoms with E-state index in [1.54, 1.807) is 12.1 Å². The molecule has 0 aromatic heterocycles. The SMILES string of the molecule is CCOc1ccc(OC(c2ccc(C(F)(F)F)cc2)C2CN(C(C)C)CCO2)cc1. The molecule has 1 fully saturated rings. The minimum atomic E-state index is -4.38. The summed E-state index contributed by atoms with van der Waals surface area (Å²) < 4.78 is 56.7. The first-order valence-electron chi connectivity index (χ1n) is 10.2. The normalized spacial score (nSPS) is 19.0. The first-order chi connectivity index (χ1) is 14.3. The van der Waals surface area contributed by atoms with E-state index in [9.17, 15) is 13.2 Å². The molecule has 1 aliphatic rings. The van der Waals surface area contributed by atoms with Gasteiger partial charge in [0.2, 0.25) is 0 Å². The number of halogens is 3. The number of morpholine rings is 1. The third kappa shape index (κ3) is 5.67. The lowest BCUT2D eigenvalue weighted by Gasteiger charge is -2.39. The number of hydrogen-bond acceptors (Lipinski definition) is 4. The first-order valence-corrected chi connectivity index (χ1v) is 10.2. The monoisotopic (exact) mass is 423 g/mol. The second-order valence-electron chi connectivity index (χ2n) is 7.56. The van der Waals surface area contributed by atoms with Crippen LogP contribution in [0.3, 0.4) is 0 Å². The molecule has 0 bridgehead atoms. The van der Waals surface area contributed by atoms with Gasteiger partial charge in [0.1, 0.15) is 17.6 Å². The summed E-state index contributed by atoms with van der Waals surface area (Å²) >= 11 is 0. The van der Waals surface area contributed by atoms with Gasteiger partial charge in [0.05, 0.1) is 18.8 Å². The summed E-state index contributed by atoms with van der Waals surface area (Å²) in [5, 5.41) is 0. The van der Waals surface area contributed by atoms with Crippen LogP contribution in [0.5, 0.6) is 11.5 Å². The van der Waals surface area contributed by atoms with E-state index in [2.05, 4.69) is 18.7 Å². The van der Waals surface area contributed by atoms with E-state index < -0.39 is 17.8 Å². The van der Waals surface area contributed by atoms with E-state index in [0.29, 0.717) is 37.1 Å². The average molecular weight is 423 g/mol. The molecule has 30 heavy (non-hydrogen) atoms. The van der Waals surface area contributed by atoms with Gasteiger partial charge in [-0.15, -0.1) is 0 Å². The molecule has 2 aromatic rings.